The van der Waals surface area contributed by atoms with Crippen LogP contribution < -0.4 is 0 Å². The molecule has 0 aliphatic carbocycles. The lowest BCUT2D eigenvalue weighted by atomic mass is 10.1. The zero-order chi connectivity index (χ0) is 19.8. The standard InChI is InChI=1S/C21H15Cl2N3O2/c1-12-19(13-6-4-3-5-7-13)20-24-17(15-9-8-14(22)10-16(15)23)11-18(21(27)28-2)26(20)25-12/h3-11H,1-2H3. The highest BCUT2D eigenvalue weighted by Gasteiger charge is 2.21. The molecular weight excluding hydrogens is 397 g/mol. The van der Waals surface area contributed by atoms with Crippen LogP contribution in [0.2, 0.25) is 10.0 Å². The van der Waals surface area contributed by atoms with Crippen molar-refractivity contribution in [1.29, 1.82) is 0 Å². The fourth-order valence-corrected chi connectivity index (χ4v) is 3.66. The molecule has 0 amide bonds. The quantitative estimate of drug-likeness (QED) is 0.419. The summed E-state index contributed by atoms with van der Waals surface area (Å²) in [5, 5.41) is 5.49. The van der Waals surface area contributed by atoms with Crippen molar-refractivity contribution in [3.05, 3.63) is 76.0 Å². The van der Waals surface area contributed by atoms with E-state index in [1.807, 2.05) is 37.3 Å². The van der Waals surface area contributed by atoms with Crippen molar-refractivity contribution >= 4 is 34.8 Å². The van der Waals surface area contributed by atoms with Crippen LogP contribution in [0, 0.1) is 6.92 Å². The van der Waals surface area contributed by atoms with Crippen LogP contribution in [0.3, 0.4) is 0 Å². The number of ether oxygens (including phenoxy) is 1. The predicted octanol–water partition coefficient (Wildman–Crippen LogP) is 5.47. The SMILES string of the molecule is COC(=O)c1cc(-c2ccc(Cl)cc2Cl)nc2c(-c3ccccc3)c(C)nn12. The maximum Gasteiger partial charge on any atom is 0.356 e. The average Bonchev–Trinajstić information content (AvgIpc) is 3.03. The molecule has 0 spiro atoms. The van der Waals surface area contributed by atoms with Gasteiger partial charge in [-0.05, 0) is 36.8 Å². The second-order valence-corrected chi connectivity index (χ2v) is 7.05. The number of hydrogen-bond donors (Lipinski definition) is 0. The summed E-state index contributed by atoms with van der Waals surface area (Å²) < 4.78 is 6.47. The maximum atomic E-state index is 12.4. The first-order valence-electron chi connectivity index (χ1n) is 8.49. The van der Waals surface area contributed by atoms with Gasteiger partial charge in [0, 0.05) is 16.1 Å². The summed E-state index contributed by atoms with van der Waals surface area (Å²) in [5.74, 6) is -0.513. The second-order valence-electron chi connectivity index (χ2n) is 6.20. The lowest BCUT2D eigenvalue weighted by Crippen LogP contribution is -2.11. The molecule has 0 radical (unpaired) electrons. The molecule has 7 heteroatoms. The summed E-state index contributed by atoms with van der Waals surface area (Å²) in [6, 6.07) is 16.5. The Bertz CT molecular complexity index is 1200. The number of methoxy groups -OCH3 is 1. The van der Waals surface area contributed by atoms with Crippen LogP contribution >= 0.6 is 23.2 Å². The lowest BCUT2D eigenvalue weighted by Gasteiger charge is -2.09. The van der Waals surface area contributed by atoms with E-state index in [0.717, 1.165) is 16.8 Å². The van der Waals surface area contributed by atoms with Gasteiger partial charge >= 0.3 is 5.97 Å². The van der Waals surface area contributed by atoms with Crippen LogP contribution in [0.5, 0.6) is 0 Å². The van der Waals surface area contributed by atoms with E-state index in [2.05, 4.69) is 5.10 Å². The van der Waals surface area contributed by atoms with Crippen molar-refractivity contribution in [2.45, 2.75) is 6.92 Å². The second kappa shape index (κ2) is 7.26. The van der Waals surface area contributed by atoms with Crippen molar-refractivity contribution < 1.29 is 9.53 Å². The van der Waals surface area contributed by atoms with E-state index in [-0.39, 0.29) is 5.69 Å². The number of rotatable bonds is 3. The van der Waals surface area contributed by atoms with Crippen molar-refractivity contribution in [2.75, 3.05) is 7.11 Å². The van der Waals surface area contributed by atoms with E-state index in [9.17, 15) is 4.79 Å². The van der Waals surface area contributed by atoms with Gasteiger partial charge in [0.25, 0.3) is 0 Å². The number of carbonyl (C=O) groups is 1. The van der Waals surface area contributed by atoms with E-state index >= 15 is 0 Å². The number of halogens is 2. The molecular formula is C21H15Cl2N3O2. The molecule has 2 aromatic heterocycles. The van der Waals surface area contributed by atoms with Crippen molar-refractivity contribution in [2.24, 2.45) is 0 Å². The molecule has 0 aliphatic heterocycles. The molecule has 4 rings (SSSR count). The Kier molecular flexibility index (Phi) is 4.79. The van der Waals surface area contributed by atoms with Crippen LogP contribution in [-0.2, 0) is 4.74 Å². The van der Waals surface area contributed by atoms with E-state index < -0.39 is 5.97 Å². The number of hydrogen-bond acceptors (Lipinski definition) is 4. The van der Waals surface area contributed by atoms with E-state index in [1.54, 1.807) is 24.3 Å². The smallest absolute Gasteiger partial charge is 0.356 e. The summed E-state index contributed by atoms with van der Waals surface area (Å²) in [7, 11) is 1.33. The Morgan fingerprint density at radius 2 is 1.82 bits per heavy atom. The number of esters is 1. The summed E-state index contributed by atoms with van der Waals surface area (Å²) in [6.45, 7) is 1.88. The van der Waals surface area contributed by atoms with Gasteiger partial charge in [-0.2, -0.15) is 5.10 Å². The molecule has 2 aromatic carbocycles. The van der Waals surface area contributed by atoms with E-state index in [0.29, 0.717) is 26.9 Å². The molecule has 28 heavy (non-hydrogen) atoms. The fourth-order valence-electron chi connectivity index (χ4n) is 3.15. The molecule has 5 nitrogen and oxygen atoms in total. The molecule has 4 aromatic rings. The third-order valence-electron chi connectivity index (χ3n) is 4.43. The summed E-state index contributed by atoms with van der Waals surface area (Å²) in [5.41, 5.74) is 4.56. The molecule has 0 atom stereocenters. The third-order valence-corrected chi connectivity index (χ3v) is 4.98. The normalized spacial score (nSPS) is 11.0. The van der Waals surface area contributed by atoms with Gasteiger partial charge in [-0.3, -0.25) is 0 Å². The number of aromatic nitrogens is 3. The first-order valence-corrected chi connectivity index (χ1v) is 9.24. The van der Waals surface area contributed by atoms with Crippen molar-refractivity contribution in [3.63, 3.8) is 0 Å². The summed E-state index contributed by atoms with van der Waals surface area (Å²) >= 11 is 12.4. The zero-order valence-electron chi connectivity index (χ0n) is 15.1. The molecule has 0 N–H and O–H groups in total. The average molecular weight is 412 g/mol. The Hall–Kier alpha value is -2.89. The molecule has 0 fully saturated rings. The van der Waals surface area contributed by atoms with Crippen LogP contribution in [0.15, 0.2) is 54.6 Å². The molecule has 0 unspecified atom stereocenters. The number of fused-ring (bicyclic) bond motifs is 1. The maximum absolute atomic E-state index is 12.4. The van der Waals surface area contributed by atoms with E-state index in [1.165, 1.54) is 11.6 Å². The van der Waals surface area contributed by atoms with E-state index in [4.69, 9.17) is 32.9 Å². The minimum atomic E-state index is -0.513. The molecule has 0 bridgehead atoms. The number of aryl methyl sites for hydroxylation is 1. The third kappa shape index (κ3) is 3.13. The van der Waals surface area contributed by atoms with Crippen molar-refractivity contribution in [3.8, 4) is 22.4 Å². The van der Waals surface area contributed by atoms with Gasteiger partial charge in [-0.1, -0.05) is 53.5 Å². The molecule has 0 saturated carbocycles. The molecule has 140 valence electrons. The Morgan fingerprint density at radius 1 is 1.07 bits per heavy atom. The first-order chi connectivity index (χ1) is 13.5. The monoisotopic (exact) mass is 411 g/mol. The summed E-state index contributed by atoms with van der Waals surface area (Å²) in [4.78, 5) is 17.2. The van der Waals surface area contributed by atoms with Gasteiger partial charge < -0.3 is 4.74 Å². The molecule has 2 heterocycles. The first kappa shape index (κ1) is 18.5. The molecule has 0 aliphatic rings. The Labute approximate surface area is 171 Å². The number of carbonyl (C=O) groups excluding carboxylic acids is 1. The number of benzene rings is 2. The predicted molar refractivity (Wildman–Crippen MR) is 110 cm³/mol. The fraction of sp³-hybridized carbons (Fsp3) is 0.0952. The Morgan fingerprint density at radius 3 is 2.50 bits per heavy atom. The molecule has 0 saturated heterocycles. The summed E-state index contributed by atoms with van der Waals surface area (Å²) in [6.07, 6.45) is 0. The topological polar surface area (TPSA) is 56.5 Å². The van der Waals surface area contributed by atoms with Gasteiger partial charge in [-0.15, -0.1) is 0 Å². The zero-order valence-corrected chi connectivity index (χ0v) is 16.6. The van der Waals surface area contributed by atoms with Crippen LogP contribution in [0.1, 0.15) is 16.2 Å². The highest BCUT2D eigenvalue weighted by atomic mass is 35.5. The lowest BCUT2D eigenvalue weighted by molar-refractivity contribution is 0.0590. The highest BCUT2D eigenvalue weighted by Crippen LogP contribution is 2.33. The van der Waals surface area contributed by atoms with Gasteiger partial charge in [0.05, 0.1) is 23.5 Å². The van der Waals surface area contributed by atoms with Crippen LogP contribution in [-0.4, -0.2) is 27.7 Å². The minimum absolute atomic E-state index is 0.263. The minimum Gasteiger partial charge on any atom is -0.464 e. The Balaban J connectivity index is 2.06. The van der Waals surface area contributed by atoms with Crippen LogP contribution in [0.25, 0.3) is 28.0 Å². The highest BCUT2D eigenvalue weighted by molar-refractivity contribution is 6.36. The van der Waals surface area contributed by atoms with Gasteiger partial charge in [0.2, 0.25) is 0 Å². The van der Waals surface area contributed by atoms with Gasteiger partial charge in [0.15, 0.2) is 11.3 Å². The van der Waals surface area contributed by atoms with Gasteiger partial charge in [-0.25, -0.2) is 14.3 Å². The largest absolute Gasteiger partial charge is 0.464 e. The number of nitrogens with zero attached hydrogens (tertiary/aromatic N) is 3. The van der Waals surface area contributed by atoms with Crippen LogP contribution in [0.4, 0.5) is 0 Å². The van der Waals surface area contributed by atoms with Crippen molar-refractivity contribution in [1.82, 2.24) is 14.6 Å². The van der Waals surface area contributed by atoms with Gasteiger partial charge in [0.1, 0.15) is 0 Å².